The third kappa shape index (κ3) is 4.00. The van der Waals surface area contributed by atoms with E-state index in [1.54, 1.807) is 55.5 Å². The van der Waals surface area contributed by atoms with Crippen molar-refractivity contribution in [1.29, 1.82) is 0 Å². The van der Waals surface area contributed by atoms with Crippen LogP contribution in [0.1, 0.15) is 26.3 Å². The number of hydrogen-bond acceptors (Lipinski definition) is 5. The van der Waals surface area contributed by atoms with Crippen LogP contribution in [0, 0.1) is 0 Å². The van der Waals surface area contributed by atoms with Crippen molar-refractivity contribution in [1.82, 2.24) is 15.0 Å². The van der Waals surface area contributed by atoms with Crippen molar-refractivity contribution in [3.8, 4) is 0 Å². The molecule has 8 nitrogen and oxygen atoms in total. The van der Waals surface area contributed by atoms with Gasteiger partial charge in [-0.1, -0.05) is 24.3 Å². The highest BCUT2D eigenvalue weighted by Crippen LogP contribution is 2.17. The minimum absolute atomic E-state index is 0.174. The lowest BCUT2D eigenvalue weighted by molar-refractivity contribution is -0.119. The summed E-state index contributed by atoms with van der Waals surface area (Å²) in [6.45, 7) is 3.22. The molecule has 138 valence electrons. The van der Waals surface area contributed by atoms with Gasteiger partial charge in [0.25, 0.3) is 5.56 Å². The molecular weight excluding hydrogens is 346 g/mol. The molecular formula is C19H19N5O3. The van der Waals surface area contributed by atoms with Crippen LogP contribution in [0.25, 0.3) is 10.9 Å². The summed E-state index contributed by atoms with van der Waals surface area (Å²) in [5.74, 6) is -0.538. The molecule has 1 aromatic heterocycles. The quantitative estimate of drug-likeness (QED) is 0.722. The fourth-order valence-electron chi connectivity index (χ4n) is 2.74. The summed E-state index contributed by atoms with van der Waals surface area (Å²) in [6.07, 6.45) is 0.378. The van der Waals surface area contributed by atoms with Crippen LogP contribution >= 0.6 is 0 Å². The number of nitrogens with one attached hydrogen (secondary N) is 2. The first-order valence-corrected chi connectivity index (χ1v) is 8.52. The molecule has 27 heavy (non-hydrogen) atoms. The van der Waals surface area contributed by atoms with Crippen LogP contribution in [0.2, 0.25) is 0 Å². The van der Waals surface area contributed by atoms with Crippen molar-refractivity contribution in [2.45, 2.75) is 26.3 Å². The van der Waals surface area contributed by atoms with E-state index in [2.05, 4.69) is 20.9 Å². The van der Waals surface area contributed by atoms with Crippen LogP contribution in [-0.4, -0.2) is 26.8 Å². The van der Waals surface area contributed by atoms with Gasteiger partial charge in [-0.15, -0.1) is 5.10 Å². The van der Waals surface area contributed by atoms with E-state index < -0.39 is 6.04 Å². The van der Waals surface area contributed by atoms with E-state index in [1.165, 1.54) is 6.92 Å². The van der Waals surface area contributed by atoms with Crippen LogP contribution in [0.5, 0.6) is 0 Å². The smallest absolute Gasteiger partial charge is 0.278 e. The minimum atomic E-state index is -0.787. The number of aromatic nitrogens is 3. The molecule has 0 radical (unpaired) electrons. The lowest BCUT2D eigenvalue weighted by Crippen LogP contribution is -2.35. The Morgan fingerprint density at radius 2 is 1.67 bits per heavy atom. The van der Waals surface area contributed by atoms with E-state index in [0.717, 1.165) is 4.68 Å². The molecule has 0 saturated carbocycles. The van der Waals surface area contributed by atoms with E-state index >= 15 is 0 Å². The second-order valence-electron chi connectivity index (χ2n) is 6.03. The fourth-order valence-corrected chi connectivity index (χ4v) is 2.74. The first-order chi connectivity index (χ1) is 13.0. The summed E-state index contributed by atoms with van der Waals surface area (Å²) in [6, 6.07) is 12.8. The Labute approximate surface area is 155 Å². The molecule has 0 fully saturated rings. The third-order valence-electron chi connectivity index (χ3n) is 4.05. The minimum Gasteiger partial charge on any atom is -0.326 e. The normalized spacial score (nSPS) is 11.8. The van der Waals surface area contributed by atoms with Gasteiger partial charge in [-0.25, -0.2) is 0 Å². The van der Waals surface area contributed by atoms with E-state index in [0.29, 0.717) is 28.7 Å². The molecule has 2 aromatic carbocycles. The molecule has 0 saturated heterocycles. The maximum absolute atomic E-state index is 12.7. The molecule has 1 heterocycles. The summed E-state index contributed by atoms with van der Waals surface area (Å²) in [5, 5.41) is 13.8. The second kappa shape index (κ2) is 7.77. The highest BCUT2D eigenvalue weighted by atomic mass is 16.2. The van der Waals surface area contributed by atoms with Gasteiger partial charge in [0.05, 0.1) is 5.39 Å². The molecule has 0 aliphatic rings. The summed E-state index contributed by atoms with van der Waals surface area (Å²) in [4.78, 5) is 36.4. The van der Waals surface area contributed by atoms with Gasteiger partial charge in [0.15, 0.2) is 0 Å². The zero-order valence-electron chi connectivity index (χ0n) is 15.0. The SMILES string of the molecule is CCC(C(=O)Nc1ccc(NC(C)=O)cc1)n1nnc2ccccc2c1=O. The van der Waals surface area contributed by atoms with Gasteiger partial charge in [-0.2, -0.15) is 4.68 Å². The third-order valence-corrected chi connectivity index (χ3v) is 4.05. The van der Waals surface area contributed by atoms with E-state index in [4.69, 9.17) is 0 Å². The molecule has 1 atom stereocenters. The maximum atomic E-state index is 12.7. The fraction of sp³-hybridized carbons (Fsp3) is 0.211. The van der Waals surface area contributed by atoms with Crippen molar-refractivity contribution in [2.24, 2.45) is 0 Å². The Kier molecular flexibility index (Phi) is 5.25. The largest absolute Gasteiger partial charge is 0.326 e. The van der Waals surface area contributed by atoms with Crippen LogP contribution in [0.15, 0.2) is 53.3 Å². The van der Waals surface area contributed by atoms with Crippen molar-refractivity contribution >= 4 is 34.1 Å². The van der Waals surface area contributed by atoms with Gasteiger partial charge in [0.2, 0.25) is 11.8 Å². The number of anilines is 2. The number of fused-ring (bicyclic) bond motifs is 1. The average molecular weight is 365 g/mol. The van der Waals surface area contributed by atoms with Crippen molar-refractivity contribution < 1.29 is 9.59 Å². The molecule has 2 N–H and O–H groups in total. The predicted molar refractivity (Wildman–Crippen MR) is 103 cm³/mol. The van der Waals surface area contributed by atoms with Crippen molar-refractivity contribution in [2.75, 3.05) is 10.6 Å². The van der Waals surface area contributed by atoms with Gasteiger partial charge >= 0.3 is 0 Å². The van der Waals surface area contributed by atoms with Crippen LogP contribution in [-0.2, 0) is 9.59 Å². The number of amides is 2. The van der Waals surface area contributed by atoms with Gasteiger partial charge in [-0.3, -0.25) is 14.4 Å². The maximum Gasteiger partial charge on any atom is 0.278 e. The standard InChI is InChI=1S/C19H19N5O3/c1-3-17(24-19(27)15-6-4-5-7-16(15)22-23-24)18(26)21-14-10-8-13(9-11-14)20-12(2)25/h4-11,17H,3H2,1-2H3,(H,20,25)(H,21,26). The van der Waals surface area contributed by atoms with Crippen LogP contribution < -0.4 is 16.2 Å². The molecule has 0 bridgehead atoms. The first-order valence-electron chi connectivity index (χ1n) is 8.52. The lowest BCUT2D eigenvalue weighted by Gasteiger charge is -2.16. The van der Waals surface area contributed by atoms with Crippen molar-refractivity contribution in [3.05, 3.63) is 58.9 Å². The van der Waals surface area contributed by atoms with Crippen LogP contribution in [0.3, 0.4) is 0 Å². The van der Waals surface area contributed by atoms with Crippen molar-refractivity contribution in [3.63, 3.8) is 0 Å². The number of hydrogen-bond donors (Lipinski definition) is 2. The Hall–Kier alpha value is -3.55. The number of nitrogens with zero attached hydrogens (tertiary/aromatic N) is 3. The summed E-state index contributed by atoms with van der Waals surface area (Å²) in [7, 11) is 0. The molecule has 0 spiro atoms. The Bertz CT molecular complexity index is 1040. The first kappa shape index (κ1) is 18.2. The number of rotatable bonds is 5. The second-order valence-corrected chi connectivity index (χ2v) is 6.03. The zero-order chi connectivity index (χ0) is 19.4. The highest BCUT2D eigenvalue weighted by molar-refractivity contribution is 5.94. The molecule has 0 aliphatic carbocycles. The molecule has 0 aliphatic heterocycles. The zero-order valence-corrected chi connectivity index (χ0v) is 15.0. The predicted octanol–water partition coefficient (Wildman–Crippen LogP) is 2.34. The van der Waals surface area contributed by atoms with Gasteiger partial charge < -0.3 is 10.6 Å². The summed E-state index contributed by atoms with van der Waals surface area (Å²) < 4.78 is 1.11. The van der Waals surface area contributed by atoms with Gasteiger partial charge in [0.1, 0.15) is 11.6 Å². The topological polar surface area (TPSA) is 106 Å². The monoisotopic (exact) mass is 365 g/mol. The highest BCUT2D eigenvalue weighted by Gasteiger charge is 2.22. The van der Waals surface area contributed by atoms with Crippen LogP contribution in [0.4, 0.5) is 11.4 Å². The number of carbonyl (C=O) groups excluding carboxylic acids is 2. The Balaban J connectivity index is 1.83. The Morgan fingerprint density at radius 3 is 2.30 bits per heavy atom. The van der Waals surface area contributed by atoms with E-state index in [1.807, 2.05) is 0 Å². The van der Waals surface area contributed by atoms with E-state index in [9.17, 15) is 14.4 Å². The summed E-state index contributed by atoms with van der Waals surface area (Å²) >= 11 is 0. The number of benzene rings is 2. The number of carbonyl (C=O) groups is 2. The molecule has 3 aromatic rings. The average Bonchev–Trinajstić information content (AvgIpc) is 2.65. The lowest BCUT2D eigenvalue weighted by atomic mass is 10.2. The molecule has 2 amide bonds. The molecule has 3 rings (SSSR count). The Morgan fingerprint density at radius 1 is 1.04 bits per heavy atom. The van der Waals surface area contributed by atoms with Gasteiger partial charge in [-0.05, 0) is 42.8 Å². The molecule has 8 heteroatoms. The van der Waals surface area contributed by atoms with E-state index in [-0.39, 0.29) is 17.4 Å². The molecule has 1 unspecified atom stereocenters. The summed E-state index contributed by atoms with van der Waals surface area (Å²) in [5.41, 5.74) is 1.31. The van der Waals surface area contributed by atoms with Gasteiger partial charge in [0, 0.05) is 18.3 Å².